The molecule has 0 aliphatic heterocycles. The molecule has 0 saturated heterocycles. The number of hydrogen-bond donors (Lipinski definition) is 1. The second-order valence-electron chi connectivity index (χ2n) is 4.72. The summed E-state index contributed by atoms with van der Waals surface area (Å²) < 4.78 is 3.02. The molecule has 0 radical (unpaired) electrons. The summed E-state index contributed by atoms with van der Waals surface area (Å²) in [5.41, 5.74) is 1.34. The zero-order valence-electron chi connectivity index (χ0n) is 11.3. The van der Waals surface area contributed by atoms with Crippen molar-refractivity contribution >= 4 is 15.9 Å². The second-order valence-corrected chi connectivity index (χ2v) is 5.58. The topological polar surface area (TPSA) is 42.7 Å². The number of aryl methyl sites for hydroxylation is 1. The fourth-order valence-corrected chi connectivity index (χ4v) is 2.69. The van der Waals surface area contributed by atoms with Gasteiger partial charge in [-0.15, -0.1) is 0 Å². The molecular weight excluding hydrogens is 304 g/mol. The smallest absolute Gasteiger partial charge is 0.138 e. The van der Waals surface area contributed by atoms with Gasteiger partial charge in [-0.3, -0.25) is 4.68 Å². The summed E-state index contributed by atoms with van der Waals surface area (Å²) in [6.07, 6.45) is 3.57. The second kappa shape index (κ2) is 6.82. The van der Waals surface area contributed by atoms with Crippen molar-refractivity contribution in [3.8, 4) is 0 Å². The molecule has 1 atom stereocenters. The highest BCUT2D eigenvalue weighted by Crippen LogP contribution is 2.20. The maximum Gasteiger partial charge on any atom is 0.138 e. The van der Waals surface area contributed by atoms with Crippen LogP contribution >= 0.6 is 15.9 Å². The minimum Gasteiger partial charge on any atom is -0.319 e. The van der Waals surface area contributed by atoms with Crippen LogP contribution in [0.25, 0.3) is 0 Å². The molecule has 2 rings (SSSR count). The molecule has 1 heterocycles. The van der Waals surface area contributed by atoms with Crippen molar-refractivity contribution in [2.45, 2.75) is 12.8 Å². The molecule has 0 spiro atoms. The van der Waals surface area contributed by atoms with Crippen LogP contribution in [0.4, 0.5) is 0 Å². The molecule has 19 heavy (non-hydrogen) atoms. The fourth-order valence-electron chi connectivity index (χ4n) is 2.24. The molecule has 1 aromatic heterocycles. The van der Waals surface area contributed by atoms with Gasteiger partial charge in [0.15, 0.2) is 0 Å². The van der Waals surface area contributed by atoms with Gasteiger partial charge >= 0.3 is 0 Å². The monoisotopic (exact) mass is 322 g/mol. The summed E-state index contributed by atoms with van der Waals surface area (Å²) >= 11 is 3.61. The number of halogens is 1. The van der Waals surface area contributed by atoms with Crippen LogP contribution in [-0.4, -0.2) is 28.4 Å². The van der Waals surface area contributed by atoms with Crippen LogP contribution in [-0.2, 0) is 19.9 Å². The Hall–Kier alpha value is -1.20. The van der Waals surface area contributed by atoms with Crippen LogP contribution in [0.1, 0.15) is 11.4 Å². The Bertz CT molecular complexity index is 524. The van der Waals surface area contributed by atoms with Gasteiger partial charge in [0.25, 0.3) is 0 Å². The number of nitrogens with one attached hydrogen (secondary N) is 1. The third-order valence-corrected chi connectivity index (χ3v) is 4.01. The minimum absolute atomic E-state index is 0.506. The van der Waals surface area contributed by atoms with Gasteiger partial charge in [0, 0.05) is 17.9 Å². The van der Waals surface area contributed by atoms with Gasteiger partial charge in [0.05, 0.1) is 0 Å². The first-order chi connectivity index (χ1) is 9.20. The maximum absolute atomic E-state index is 4.31. The molecule has 0 aliphatic rings. The number of benzene rings is 1. The normalized spacial score (nSPS) is 12.6. The molecule has 4 nitrogen and oxygen atoms in total. The number of nitrogens with zero attached hydrogens (tertiary/aromatic N) is 3. The van der Waals surface area contributed by atoms with Gasteiger partial charge in [-0.1, -0.05) is 34.1 Å². The summed E-state index contributed by atoms with van der Waals surface area (Å²) in [5.74, 6) is 1.54. The third-order valence-electron chi connectivity index (χ3n) is 3.24. The average molecular weight is 323 g/mol. The standard InChI is InChI=1S/C14H19BrN4/c1-16-9-11(8-14-17-10-18-19(14)2)7-12-5-3-4-6-13(12)15/h3-6,10-11,16H,7-9H2,1-2H3. The third kappa shape index (κ3) is 3.88. The molecule has 0 fully saturated rings. The van der Waals surface area contributed by atoms with E-state index in [0.29, 0.717) is 5.92 Å². The first-order valence-corrected chi connectivity index (χ1v) is 7.21. The highest BCUT2D eigenvalue weighted by molar-refractivity contribution is 9.10. The quantitative estimate of drug-likeness (QED) is 0.886. The van der Waals surface area contributed by atoms with E-state index in [1.165, 1.54) is 10.0 Å². The molecule has 1 aromatic carbocycles. The Balaban J connectivity index is 2.08. The van der Waals surface area contributed by atoms with Gasteiger partial charge in [-0.25, -0.2) is 4.98 Å². The Labute approximate surface area is 122 Å². The lowest BCUT2D eigenvalue weighted by atomic mass is 9.95. The summed E-state index contributed by atoms with van der Waals surface area (Å²) in [4.78, 5) is 4.31. The van der Waals surface area contributed by atoms with Crippen molar-refractivity contribution in [2.75, 3.05) is 13.6 Å². The Kier molecular flexibility index (Phi) is 5.10. The predicted octanol–water partition coefficient (Wildman–Crippen LogP) is 2.20. The van der Waals surface area contributed by atoms with Crippen molar-refractivity contribution in [3.63, 3.8) is 0 Å². The van der Waals surface area contributed by atoms with Crippen LogP contribution in [0.2, 0.25) is 0 Å². The Morgan fingerprint density at radius 1 is 1.32 bits per heavy atom. The van der Waals surface area contributed by atoms with Crippen LogP contribution in [0, 0.1) is 5.92 Å². The number of hydrogen-bond acceptors (Lipinski definition) is 3. The zero-order chi connectivity index (χ0) is 13.7. The molecule has 0 bridgehead atoms. The van der Waals surface area contributed by atoms with E-state index in [2.05, 4.69) is 49.5 Å². The Morgan fingerprint density at radius 3 is 2.74 bits per heavy atom. The molecule has 0 aliphatic carbocycles. The highest BCUT2D eigenvalue weighted by Gasteiger charge is 2.14. The van der Waals surface area contributed by atoms with Crippen LogP contribution in [0.5, 0.6) is 0 Å². The molecular formula is C14H19BrN4. The number of rotatable bonds is 6. The van der Waals surface area contributed by atoms with E-state index in [4.69, 9.17) is 0 Å². The summed E-state index contributed by atoms with van der Waals surface area (Å²) in [6, 6.07) is 8.39. The fraction of sp³-hybridized carbons (Fsp3) is 0.429. The van der Waals surface area contributed by atoms with Crippen LogP contribution in [0.3, 0.4) is 0 Å². The molecule has 2 aromatic rings. The van der Waals surface area contributed by atoms with E-state index >= 15 is 0 Å². The minimum atomic E-state index is 0.506. The lowest BCUT2D eigenvalue weighted by molar-refractivity contribution is 0.471. The van der Waals surface area contributed by atoms with Crippen LogP contribution < -0.4 is 5.32 Å². The van der Waals surface area contributed by atoms with Crippen molar-refractivity contribution < 1.29 is 0 Å². The van der Waals surface area contributed by atoms with Gasteiger partial charge in [0.2, 0.25) is 0 Å². The van der Waals surface area contributed by atoms with E-state index in [9.17, 15) is 0 Å². The average Bonchev–Trinajstić information content (AvgIpc) is 2.78. The van der Waals surface area contributed by atoms with E-state index in [0.717, 1.165) is 25.2 Å². The lowest BCUT2D eigenvalue weighted by Crippen LogP contribution is -2.24. The van der Waals surface area contributed by atoms with Gasteiger partial charge in [-0.2, -0.15) is 5.10 Å². The van der Waals surface area contributed by atoms with Crippen molar-refractivity contribution in [1.82, 2.24) is 20.1 Å². The summed E-state index contributed by atoms with van der Waals surface area (Å²) in [7, 11) is 3.93. The lowest BCUT2D eigenvalue weighted by Gasteiger charge is -2.17. The van der Waals surface area contributed by atoms with Gasteiger partial charge in [0.1, 0.15) is 12.2 Å². The number of aromatic nitrogens is 3. The van der Waals surface area contributed by atoms with E-state index in [1.807, 2.05) is 24.8 Å². The van der Waals surface area contributed by atoms with Crippen molar-refractivity contribution in [3.05, 3.63) is 46.5 Å². The molecule has 102 valence electrons. The summed E-state index contributed by atoms with van der Waals surface area (Å²) in [5, 5.41) is 7.40. The SMILES string of the molecule is CNCC(Cc1ccccc1Br)Cc1ncnn1C. The van der Waals surface area contributed by atoms with Crippen LogP contribution in [0.15, 0.2) is 35.1 Å². The van der Waals surface area contributed by atoms with Gasteiger partial charge < -0.3 is 5.32 Å². The largest absolute Gasteiger partial charge is 0.319 e. The maximum atomic E-state index is 4.31. The molecule has 1 unspecified atom stereocenters. The predicted molar refractivity (Wildman–Crippen MR) is 80.0 cm³/mol. The zero-order valence-corrected chi connectivity index (χ0v) is 12.9. The van der Waals surface area contributed by atoms with Crippen molar-refractivity contribution in [1.29, 1.82) is 0 Å². The molecule has 5 heteroatoms. The van der Waals surface area contributed by atoms with E-state index < -0.39 is 0 Å². The van der Waals surface area contributed by atoms with Crippen molar-refractivity contribution in [2.24, 2.45) is 13.0 Å². The molecule has 0 amide bonds. The van der Waals surface area contributed by atoms with E-state index in [-0.39, 0.29) is 0 Å². The van der Waals surface area contributed by atoms with Gasteiger partial charge in [-0.05, 0) is 37.6 Å². The first kappa shape index (κ1) is 14.2. The first-order valence-electron chi connectivity index (χ1n) is 6.41. The Morgan fingerprint density at radius 2 is 2.11 bits per heavy atom. The molecule has 0 saturated carbocycles. The van der Waals surface area contributed by atoms with E-state index in [1.54, 1.807) is 6.33 Å². The molecule has 1 N–H and O–H groups in total. The summed E-state index contributed by atoms with van der Waals surface area (Å²) in [6.45, 7) is 0.966. The highest BCUT2D eigenvalue weighted by atomic mass is 79.9.